The van der Waals surface area contributed by atoms with E-state index < -0.39 is 0 Å². The SMILES string of the molecule is CCCC(=O)N(Cc1nc2sc(C)c(C)c2c(=O)[nH]1)Cc1cccs1. The van der Waals surface area contributed by atoms with Crippen molar-refractivity contribution in [3.05, 3.63) is 49.0 Å². The van der Waals surface area contributed by atoms with E-state index in [-0.39, 0.29) is 11.5 Å². The van der Waals surface area contributed by atoms with Gasteiger partial charge in [0.25, 0.3) is 5.56 Å². The maximum Gasteiger partial charge on any atom is 0.259 e. The molecule has 0 unspecified atom stereocenters. The number of hydrogen-bond acceptors (Lipinski definition) is 5. The lowest BCUT2D eigenvalue weighted by Crippen LogP contribution is -2.31. The smallest absolute Gasteiger partial charge is 0.259 e. The van der Waals surface area contributed by atoms with Gasteiger partial charge in [-0.2, -0.15) is 0 Å². The quantitative estimate of drug-likeness (QED) is 0.708. The van der Waals surface area contributed by atoms with Crippen LogP contribution in [-0.2, 0) is 17.9 Å². The van der Waals surface area contributed by atoms with Crippen molar-refractivity contribution in [2.24, 2.45) is 0 Å². The molecule has 3 aromatic heterocycles. The van der Waals surface area contributed by atoms with Gasteiger partial charge in [-0.1, -0.05) is 13.0 Å². The Morgan fingerprint density at radius 2 is 2.12 bits per heavy atom. The summed E-state index contributed by atoms with van der Waals surface area (Å²) in [6, 6.07) is 3.99. The van der Waals surface area contributed by atoms with E-state index in [9.17, 15) is 9.59 Å². The van der Waals surface area contributed by atoms with Crippen LogP contribution in [0, 0.1) is 13.8 Å². The lowest BCUT2D eigenvalue weighted by Gasteiger charge is -2.21. The van der Waals surface area contributed by atoms with Crippen molar-refractivity contribution in [2.45, 2.75) is 46.7 Å². The third-order valence-electron chi connectivity index (χ3n) is 4.17. The van der Waals surface area contributed by atoms with Gasteiger partial charge in [0.05, 0.1) is 18.5 Å². The Kier molecular flexibility index (Phi) is 5.34. The van der Waals surface area contributed by atoms with Crippen molar-refractivity contribution >= 4 is 38.8 Å². The average Bonchev–Trinajstić information content (AvgIpc) is 3.16. The maximum absolute atomic E-state index is 12.5. The first-order valence-electron chi connectivity index (χ1n) is 8.28. The number of carbonyl (C=O) groups excluding carboxylic acids is 1. The van der Waals surface area contributed by atoms with Gasteiger partial charge in [-0.3, -0.25) is 9.59 Å². The van der Waals surface area contributed by atoms with Crippen molar-refractivity contribution in [3.63, 3.8) is 0 Å². The first kappa shape index (κ1) is 17.8. The summed E-state index contributed by atoms with van der Waals surface area (Å²) in [7, 11) is 0. The molecule has 3 rings (SSSR count). The van der Waals surface area contributed by atoms with Crippen molar-refractivity contribution in [1.82, 2.24) is 14.9 Å². The largest absolute Gasteiger partial charge is 0.330 e. The predicted octanol–water partition coefficient (Wildman–Crippen LogP) is 3.99. The fourth-order valence-electron chi connectivity index (χ4n) is 2.75. The number of nitrogens with one attached hydrogen (secondary N) is 1. The van der Waals surface area contributed by atoms with Gasteiger partial charge >= 0.3 is 0 Å². The topological polar surface area (TPSA) is 66.1 Å². The van der Waals surface area contributed by atoms with Crippen LogP contribution in [0.4, 0.5) is 0 Å². The second kappa shape index (κ2) is 7.49. The number of rotatable bonds is 6. The van der Waals surface area contributed by atoms with Crippen LogP contribution in [0.3, 0.4) is 0 Å². The number of aryl methyl sites for hydroxylation is 2. The predicted molar refractivity (Wildman–Crippen MR) is 103 cm³/mol. The molecule has 7 heteroatoms. The van der Waals surface area contributed by atoms with Crippen LogP contribution in [0.5, 0.6) is 0 Å². The third kappa shape index (κ3) is 3.82. The zero-order valence-electron chi connectivity index (χ0n) is 14.6. The van der Waals surface area contributed by atoms with E-state index in [0.29, 0.717) is 30.7 Å². The summed E-state index contributed by atoms with van der Waals surface area (Å²) in [5, 5.41) is 2.66. The lowest BCUT2D eigenvalue weighted by molar-refractivity contribution is -0.132. The summed E-state index contributed by atoms with van der Waals surface area (Å²) >= 11 is 3.15. The molecule has 0 atom stereocenters. The summed E-state index contributed by atoms with van der Waals surface area (Å²) in [6.07, 6.45) is 1.29. The molecule has 0 bridgehead atoms. The normalized spacial score (nSPS) is 11.2. The Morgan fingerprint density at radius 3 is 2.80 bits per heavy atom. The number of thiophene rings is 2. The number of aromatic nitrogens is 2. The van der Waals surface area contributed by atoms with Crippen LogP contribution < -0.4 is 5.56 Å². The molecule has 0 aliphatic rings. The molecule has 0 spiro atoms. The number of aromatic amines is 1. The first-order valence-corrected chi connectivity index (χ1v) is 9.98. The van der Waals surface area contributed by atoms with Gasteiger partial charge in [-0.05, 0) is 37.3 Å². The summed E-state index contributed by atoms with van der Waals surface area (Å²) < 4.78 is 0. The van der Waals surface area contributed by atoms with E-state index in [4.69, 9.17) is 0 Å². The van der Waals surface area contributed by atoms with Crippen molar-refractivity contribution in [3.8, 4) is 0 Å². The van der Waals surface area contributed by atoms with Crippen molar-refractivity contribution in [2.75, 3.05) is 0 Å². The molecule has 132 valence electrons. The monoisotopic (exact) mass is 375 g/mol. The van der Waals surface area contributed by atoms with Gasteiger partial charge < -0.3 is 9.88 Å². The van der Waals surface area contributed by atoms with Gasteiger partial charge in [-0.15, -0.1) is 22.7 Å². The van der Waals surface area contributed by atoms with Crippen LogP contribution in [0.15, 0.2) is 22.3 Å². The fourth-order valence-corrected chi connectivity index (χ4v) is 4.52. The van der Waals surface area contributed by atoms with Crippen LogP contribution in [-0.4, -0.2) is 20.8 Å². The Balaban J connectivity index is 1.91. The molecule has 3 heterocycles. The first-order chi connectivity index (χ1) is 12.0. The van der Waals surface area contributed by atoms with Gasteiger partial charge in [0, 0.05) is 16.2 Å². The molecule has 5 nitrogen and oxygen atoms in total. The maximum atomic E-state index is 12.5. The third-order valence-corrected chi connectivity index (χ3v) is 6.13. The van der Waals surface area contributed by atoms with Crippen molar-refractivity contribution in [1.29, 1.82) is 0 Å². The summed E-state index contributed by atoms with van der Waals surface area (Å²) in [4.78, 5) is 37.1. The van der Waals surface area contributed by atoms with E-state index in [1.165, 1.54) is 11.3 Å². The Morgan fingerprint density at radius 1 is 1.32 bits per heavy atom. The highest BCUT2D eigenvalue weighted by atomic mass is 32.1. The van der Waals surface area contributed by atoms with E-state index in [2.05, 4.69) is 9.97 Å². The number of fused-ring (bicyclic) bond motifs is 1. The number of nitrogens with zero attached hydrogens (tertiary/aromatic N) is 2. The summed E-state index contributed by atoms with van der Waals surface area (Å²) in [5.41, 5.74) is 0.860. The Bertz CT molecular complexity index is 941. The molecule has 0 aromatic carbocycles. The standard InChI is InChI=1S/C18H21N3O2S2/c1-4-6-15(22)21(9-13-7-5-8-24-13)10-14-19-17(23)16-11(2)12(3)25-18(16)20-14/h5,7-8H,4,6,9-10H2,1-3H3,(H,19,20,23). The molecule has 0 radical (unpaired) electrons. The minimum absolute atomic E-state index is 0.0807. The minimum Gasteiger partial charge on any atom is -0.330 e. The second-order valence-electron chi connectivity index (χ2n) is 6.06. The number of H-pyrrole nitrogens is 1. The van der Waals surface area contributed by atoms with E-state index in [1.807, 2.05) is 38.3 Å². The highest BCUT2D eigenvalue weighted by molar-refractivity contribution is 7.18. The molecule has 3 aromatic rings. The zero-order valence-corrected chi connectivity index (χ0v) is 16.2. The Labute approximate surface area is 154 Å². The van der Waals surface area contributed by atoms with E-state index >= 15 is 0 Å². The average molecular weight is 376 g/mol. The Hall–Kier alpha value is -1.99. The zero-order chi connectivity index (χ0) is 18.0. The van der Waals surface area contributed by atoms with Crippen molar-refractivity contribution < 1.29 is 4.79 Å². The number of hydrogen-bond donors (Lipinski definition) is 1. The molecule has 0 aliphatic heterocycles. The van der Waals surface area contributed by atoms with E-state index in [1.54, 1.807) is 16.2 Å². The van der Waals surface area contributed by atoms with Gasteiger partial charge in [0.15, 0.2) is 0 Å². The molecular weight excluding hydrogens is 354 g/mol. The molecule has 0 saturated carbocycles. The van der Waals surface area contributed by atoms with E-state index in [0.717, 1.165) is 26.6 Å². The molecule has 0 aliphatic carbocycles. The van der Waals surface area contributed by atoms with Crippen LogP contribution in [0.25, 0.3) is 10.2 Å². The van der Waals surface area contributed by atoms with Gasteiger partial charge in [-0.25, -0.2) is 4.98 Å². The highest BCUT2D eigenvalue weighted by Gasteiger charge is 2.18. The van der Waals surface area contributed by atoms with Gasteiger partial charge in [0.2, 0.25) is 5.91 Å². The fraction of sp³-hybridized carbons (Fsp3) is 0.389. The highest BCUT2D eigenvalue weighted by Crippen LogP contribution is 2.26. The van der Waals surface area contributed by atoms with Gasteiger partial charge in [0.1, 0.15) is 10.7 Å². The summed E-state index contributed by atoms with van der Waals surface area (Å²) in [6.45, 7) is 6.79. The molecule has 1 amide bonds. The van der Waals surface area contributed by atoms with Crippen LogP contribution in [0.1, 0.15) is 40.9 Å². The second-order valence-corrected chi connectivity index (χ2v) is 8.29. The minimum atomic E-state index is -0.124. The molecule has 0 saturated heterocycles. The van der Waals surface area contributed by atoms with Crippen LogP contribution >= 0.6 is 22.7 Å². The van der Waals surface area contributed by atoms with Crippen LogP contribution in [0.2, 0.25) is 0 Å². The number of carbonyl (C=O) groups is 1. The lowest BCUT2D eigenvalue weighted by atomic mass is 10.2. The number of amides is 1. The molecule has 0 fully saturated rings. The molecule has 25 heavy (non-hydrogen) atoms. The molecule has 1 N–H and O–H groups in total. The summed E-state index contributed by atoms with van der Waals surface area (Å²) in [5.74, 6) is 0.622. The molecular formula is C18H21N3O2S2.